The molecule has 1 fully saturated rings. The lowest BCUT2D eigenvalue weighted by molar-refractivity contribution is 0.481. The van der Waals surface area contributed by atoms with Crippen LogP contribution in [0, 0.1) is 0 Å². The van der Waals surface area contributed by atoms with Crippen LogP contribution in [0.2, 0.25) is 0 Å². The second-order valence-electron chi connectivity index (χ2n) is 6.39. The largest absolute Gasteiger partial charge is 0.507 e. The number of benzene rings is 3. The molecule has 0 aliphatic carbocycles. The van der Waals surface area contributed by atoms with E-state index in [2.05, 4.69) is 0 Å². The Morgan fingerprint density at radius 3 is 2.12 bits per heavy atom. The predicted octanol–water partition coefficient (Wildman–Crippen LogP) is 4.82. The number of hydrogen-bond acceptors (Lipinski definition) is 4. The first-order valence-corrected chi connectivity index (χ1v) is 11.8. The Morgan fingerprint density at radius 2 is 1.42 bits per heavy atom. The lowest BCUT2D eigenvalue weighted by Crippen LogP contribution is -2.15. The monoisotopic (exact) mass is 388 g/mol. The third-order valence-corrected chi connectivity index (χ3v) is 10.4. The quantitative estimate of drug-likeness (QED) is 0.696. The smallest absolute Gasteiger partial charge is 0.306 e. The molecule has 1 aliphatic rings. The van der Waals surface area contributed by atoms with E-state index in [0.717, 1.165) is 28.5 Å². The number of fused-ring (bicyclic) bond motifs is 1. The summed E-state index contributed by atoms with van der Waals surface area (Å²) in [5.41, 5.74) is 0. The SMILES string of the molecule is O=S(=O)(OS1(c2ccc(O)c3ccccc23)CCCC1)c1ccccc1. The number of phenols is 1. The summed E-state index contributed by atoms with van der Waals surface area (Å²) >= 11 is 0. The minimum absolute atomic E-state index is 0.182. The molecule has 6 heteroatoms. The summed E-state index contributed by atoms with van der Waals surface area (Å²) in [7, 11) is -5.84. The Labute approximate surface area is 155 Å². The van der Waals surface area contributed by atoms with E-state index in [0.29, 0.717) is 11.5 Å². The average Bonchev–Trinajstić information content (AvgIpc) is 3.11. The molecule has 0 saturated carbocycles. The van der Waals surface area contributed by atoms with Crippen molar-refractivity contribution in [3.8, 4) is 5.75 Å². The van der Waals surface area contributed by atoms with Crippen molar-refractivity contribution in [3.05, 3.63) is 66.7 Å². The lowest BCUT2D eigenvalue weighted by Gasteiger charge is -2.35. The van der Waals surface area contributed by atoms with Gasteiger partial charge in [0.25, 0.3) is 0 Å². The molecule has 3 aromatic carbocycles. The molecule has 26 heavy (non-hydrogen) atoms. The van der Waals surface area contributed by atoms with Crippen molar-refractivity contribution in [2.75, 3.05) is 11.5 Å². The standard InChI is InChI=1S/C20H20O4S2/c21-19-12-13-20(18-11-5-4-10-17(18)19)25(14-6-7-15-25)24-26(22,23)16-8-2-1-3-9-16/h1-5,8-13,21H,6-7,14-15H2. The van der Waals surface area contributed by atoms with Crippen LogP contribution in [0.5, 0.6) is 5.75 Å². The molecule has 1 aliphatic heterocycles. The van der Waals surface area contributed by atoms with Gasteiger partial charge in [-0.05, 0) is 42.5 Å². The molecule has 3 aromatic rings. The molecular formula is C20H20O4S2. The predicted molar refractivity (Wildman–Crippen MR) is 105 cm³/mol. The molecule has 0 unspecified atom stereocenters. The molecule has 1 N–H and O–H groups in total. The van der Waals surface area contributed by atoms with E-state index in [1.165, 1.54) is 0 Å². The van der Waals surface area contributed by atoms with Gasteiger partial charge >= 0.3 is 10.1 Å². The fourth-order valence-electron chi connectivity index (χ4n) is 3.47. The Hall–Kier alpha value is -2.02. The van der Waals surface area contributed by atoms with Crippen LogP contribution >= 0.6 is 10.3 Å². The van der Waals surface area contributed by atoms with Gasteiger partial charge in [0.1, 0.15) is 5.75 Å². The van der Waals surface area contributed by atoms with Crippen molar-refractivity contribution < 1.29 is 17.2 Å². The Morgan fingerprint density at radius 1 is 0.808 bits per heavy atom. The number of aromatic hydroxyl groups is 1. The summed E-state index contributed by atoms with van der Waals surface area (Å²) < 4.78 is 31.8. The fourth-order valence-corrected chi connectivity index (χ4v) is 9.37. The van der Waals surface area contributed by atoms with Gasteiger partial charge in [0, 0.05) is 21.8 Å². The summed E-state index contributed by atoms with van der Waals surface area (Å²) in [6, 6.07) is 19.3. The first kappa shape index (κ1) is 17.4. The Kier molecular flexibility index (Phi) is 4.42. The molecule has 136 valence electrons. The maximum Gasteiger partial charge on any atom is 0.306 e. The van der Waals surface area contributed by atoms with Crippen molar-refractivity contribution >= 4 is 31.2 Å². The highest BCUT2D eigenvalue weighted by molar-refractivity contribution is 8.33. The van der Waals surface area contributed by atoms with E-state index < -0.39 is 20.4 Å². The zero-order valence-corrected chi connectivity index (χ0v) is 15.8. The van der Waals surface area contributed by atoms with Gasteiger partial charge in [0.15, 0.2) is 0 Å². The van der Waals surface area contributed by atoms with E-state index in [-0.39, 0.29) is 10.6 Å². The Balaban J connectivity index is 1.86. The van der Waals surface area contributed by atoms with Crippen molar-refractivity contribution in [3.63, 3.8) is 0 Å². The normalized spacial score (nSPS) is 18.0. The molecule has 4 nitrogen and oxygen atoms in total. The van der Waals surface area contributed by atoms with Crippen LogP contribution in [0.1, 0.15) is 12.8 Å². The molecule has 0 bridgehead atoms. The van der Waals surface area contributed by atoms with Gasteiger partial charge in [-0.3, -0.25) is 0 Å². The minimum Gasteiger partial charge on any atom is -0.507 e. The summed E-state index contributed by atoms with van der Waals surface area (Å²) in [6.07, 6.45) is 1.88. The molecule has 0 amide bonds. The van der Waals surface area contributed by atoms with Gasteiger partial charge < -0.3 is 5.11 Å². The summed E-state index contributed by atoms with van der Waals surface area (Å²) in [6.45, 7) is 0. The van der Waals surface area contributed by atoms with Gasteiger partial charge in [-0.2, -0.15) is 8.42 Å². The number of hydrogen-bond donors (Lipinski definition) is 1. The fraction of sp³-hybridized carbons (Fsp3) is 0.200. The summed E-state index contributed by atoms with van der Waals surface area (Å²) in [5, 5.41) is 11.8. The van der Waals surface area contributed by atoms with Crippen LogP contribution in [0.25, 0.3) is 10.8 Å². The lowest BCUT2D eigenvalue weighted by atomic mass is 10.1. The van der Waals surface area contributed by atoms with E-state index in [1.54, 1.807) is 36.4 Å². The maximum atomic E-state index is 12.9. The maximum absolute atomic E-state index is 12.9. The van der Waals surface area contributed by atoms with Crippen LogP contribution in [-0.2, 0) is 13.7 Å². The van der Waals surface area contributed by atoms with Crippen LogP contribution in [0.3, 0.4) is 0 Å². The van der Waals surface area contributed by atoms with Crippen molar-refractivity contribution in [2.24, 2.45) is 0 Å². The van der Waals surface area contributed by atoms with Crippen molar-refractivity contribution in [1.29, 1.82) is 0 Å². The zero-order chi connectivity index (χ0) is 18.2. The average molecular weight is 389 g/mol. The molecule has 0 atom stereocenters. The van der Waals surface area contributed by atoms with Crippen LogP contribution in [-0.4, -0.2) is 25.0 Å². The number of rotatable bonds is 4. The molecule has 1 heterocycles. The van der Waals surface area contributed by atoms with Gasteiger partial charge in [-0.15, -0.1) is 0 Å². The first-order chi connectivity index (χ1) is 12.5. The van der Waals surface area contributed by atoms with E-state index >= 15 is 0 Å². The molecule has 4 rings (SSSR count). The van der Waals surface area contributed by atoms with Crippen molar-refractivity contribution in [2.45, 2.75) is 22.6 Å². The molecule has 1 saturated heterocycles. The first-order valence-electron chi connectivity index (χ1n) is 8.52. The van der Waals surface area contributed by atoms with Gasteiger partial charge in [0.05, 0.1) is 4.90 Å². The van der Waals surface area contributed by atoms with Crippen LogP contribution < -0.4 is 0 Å². The highest BCUT2D eigenvalue weighted by Gasteiger charge is 2.38. The van der Waals surface area contributed by atoms with Crippen LogP contribution in [0.15, 0.2) is 76.5 Å². The third-order valence-electron chi connectivity index (χ3n) is 4.71. The van der Waals surface area contributed by atoms with Crippen LogP contribution in [0.4, 0.5) is 0 Å². The van der Waals surface area contributed by atoms with E-state index in [9.17, 15) is 13.5 Å². The summed E-state index contributed by atoms with van der Waals surface area (Å²) in [4.78, 5) is 1.09. The minimum atomic E-state index is -3.85. The van der Waals surface area contributed by atoms with Gasteiger partial charge in [0.2, 0.25) is 0 Å². The summed E-state index contributed by atoms with van der Waals surface area (Å²) in [5.74, 6) is 1.63. The van der Waals surface area contributed by atoms with E-state index in [4.69, 9.17) is 3.63 Å². The third kappa shape index (κ3) is 2.98. The topological polar surface area (TPSA) is 63.6 Å². The second-order valence-corrected chi connectivity index (χ2v) is 11.2. The zero-order valence-electron chi connectivity index (χ0n) is 14.2. The molecule has 0 radical (unpaired) electrons. The molecule has 0 aromatic heterocycles. The van der Waals surface area contributed by atoms with Gasteiger partial charge in [-0.1, -0.05) is 52.8 Å². The second kappa shape index (κ2) is 6.61. The number of phenolic OH excluding ortho intramolecular Hbond substituents is 1. The van der Waals surface area contributed by atoms with Crippen molar-refractivity contribution in [1.82, 2.24) is 0 Å². The highest BCUT2D eigenvalue weighted by Crippen LogP contribution is 2.64. The Bertz CT molecular complexity index is 1040. The van der Waals surface area contributed by atoms with E-state index in [1.807, 2.05) is 30.3 Å². The molecular weight excluding hydrogens is 368 g/mol. The molecule has 0 spiro atoms. The highest BCUT2D eigenvalue weighted by atomic mass is 32.3. The van der Waals surface area contributed by atoms with Gasteiger partial charge in [-0.25, -0.2) is 3.63 Å².